The van der Waals surface area contributed by atoms with Crippen molar-refractivity contribution in [3.8, 4) is 0 Å². The number of hydrogen-bond donors (Lipinski definition) is 0. The molecule has 0 aliphatic rings. The van der Waals surface area contributed by atoms with Crippen LogP contribution in [0.15, 0.2) is 41.6 Å². The predicted molar refractivity (Wildman–Crippen MR) is 75.2 cm³/mol. The van der Waals surface area contributed by atoms with Gasteiger partial charge in [0.2, 0.25) is 5.16 Å². The number of benzene rings is 1. The normalized spacial score (nSPS) is 12.0. The van der Waals surface area contributed by atoms with Crippen molar-refractivity contribution in [1.29, 1.82) is 0 Å². The lowest BCUT2D eigenvalue weighted by Gasteiger charge is -2.07. The topological polar surface area (TPSA) is 56.5 Å². The van der Waals surface area contributed by atoms with Gasteiger partial charge < -0.3 is 0 Å². The minimum absolute atomic E-state index is 0.118. The molecule has 0 saturated carbocycles. The first kappa shape index (κ1) is 14.8. The highest BCUT2D eigenvalue weighted by Gasteiger charge is 2.30. The molecule has 0 spiro atoms. The van der Waals surface area contributed by atoms with E-state index in [9.17, 15) is 13.2 Å². The first-order valence-corrected chi connectivity index (χ1v) is 7.30. The molecule has 2 aromatic heterocycles. The van der Waals surface area contributed by atoms with E-state index in [1.54, 1.807) is 0 Å². The van der Waals surface area contributed by atoms with E-state index in [-0.39, 0.29) is 5.16 Å². The van der Waals surface area contributed by atoms with Crippen molar-refractivity contribution >= 4 is 22.7 Å². The van der Waals surface area contributed by atoms with Gasteiger partial charge >= 0.3 is 6.18 Å². The number of alkyl halides is 3. The van der Waals surface area contributed by atoms with Crippen molar-refractivity contribution in [1.82, 2.24) is 25.2 Å². The van der Waals surface area contributed by atoms with Gasteiger partial charge in [0.1, 0.15) is 6.54 Å². The number of tetrazole rings is 1. The van der Waals surface area contributed by atoms with E-state index in [4.69, 9.17) is 0 Å². The smallest absolute Gasteiger partial charge is 0.252 e. The monoisotopic (exact) mass is 325 g/mol. The van der Waals surface area contributed by atoms with Crippen LogP contribution >= 0.6 is 11.8 Å². The molecule has 5 nitrogen and oxygen atoms in total. The maximum Gasteiger partial charge on any atom is 0.408 e. The SMILES string of the molecule is FC(F)(F)Cn1nnnc1SCc1ccc2ccccc2n1. The third-order valence-corrected chi connectivity index (χ3v) is 3.82. The summed E-state index contributed by atoms with van der Waals surface area (Å²) in [5.74, 6) is 0.392. The predicted octanol–water partition coefficient (Wildman–Crippen LogP) is 3.08. The highest BCUT2D eigenvalue weighted by Crippen LogP contribution is 2.24. The van der Waals surface area contributed by atoms with Crippen LogP contribution in [0.2, 0.25) is 0 Å². The molecule has 114 valence electrons. The van der Waals surface area contributed by atoms with Gasteiger partial charge in [0.15, 0.2) is 0 Å². The summed E-state index contributed by atoms with van der Waals surface area (Å²) < 4.78 is 37.9. The molecule has 0 saturated heterocycles. The van der Waals surface area contributed by atoms with Gasteiger partial charge in [0.05, 0.1) is 11.2 Å². The molecule has 3 aromatic rings. The molecule has 0 bridgehead atoms. The van der Waals surface area contributed by atoms with E-state index in [2.05, 4.69) is 20.5 Å². The zero-order valence-corrected chi connectivity index (χ0v) is 12.0. The van der Waals surface area contributed by atoms with Crippen LogP contribution in [0.5, 0.6) is 0 Å². The average molecular weight is 325 g/mol. The summed E-state index contributed by atoms with van der Waals surface area (Å²) in [6.07, 6.45) is -4.36. The van der Waals surface area contributed by atoms with Gasteiger partial charge in [-0.2, -0.15) is 13.2 Å². The number of nitrogens with zero attached hydrogens (tertiary/aromatic N) is 5. The van der Waals surface area contributed by atoms with E-state index in [1.165, 1.54) is 0 Å². The van der Waals surface area contributed by atoms with Crippen LogP contribution in [-0.2, 0) is 12.3 Å². The Morgan fingerprint density at radius 3 is 2.73 bits per heavy atom. The number of aromatic nitrogens is 5. The molecule has 3 rings (SSSR count). The van der Waals surface area contributed by atoms with Crippen LogP contribution in [0.1, 0.15) is 5.69 Å². The van der Waals surface area contributed by atoms with E-state index >= 15 is 0 Å². The van der Waals surface area contributed by atoms with Gasteiger partial charge in [-0.3, -0.25) is 4.98 Å². The number of para-hydroxylation sites is 1. The Morgan fingerprint density at radius 1 is 1.09 bits per heavy atom. The lowest BCUT2D eigenvalue weighted by Crippen LogP contribution is -2.19. The van der Waals surface area contributed by atoms with Crippen LogP contribution in [0.25, 0.3) is 10.9 Å². The maximum atomic E-state index is 12.4. The number of thioether (sulfide) groups is 1. The fourth-order valence-corrected chi connectivity index (χ4v) is 2.68. The lowest BCUT2D eigenvalue weighted by atomic mass is 10.2. The highest BCUT2D eigenvalue weighted by molar-refractivity contribution is 7.98. The van der Waals surface area contributed by atoms with Gasteiger partial charge in [-0.15, -0.1) is 5.10 Å². The summed E-state index contributed by atoms with van der Waals surface area (Å²) in [6, 6.07) is 11.4. The number of pyridine rings is 1. The third kappa shape index (κ3) is 3.53. The Morgan fingerprint density at radius 2 is 1.91 bits per heavy atom. The van der Waals surface area contributed by atoms with Crippen LogP contribution in [0, 0.1) is 0 Å². The fraction of sp³-hybridized carbons (Fsp3) is 0.231. The number of halogens is 3. The molecule has 0 fully saturated rings. The Bertz CT molecular complexity index is 786. The minimum atomic E-state index is -4.36. The van der Waals surface area contributed by atoms with Gasteiger partial charge in [-0.1, -0.05) is 36.0 Å². The zero-order chi connectivity index (χ0) is 15.6. The number of rotatable bonds is 4. The molecule has 2 heterocycles. The highest BCUT2D eigenvalue weighted by atomic mass is 32.2. The van der Waals surface area contributed by atoms with Gasteiger partial charge in [0.25, 0.3) is 0 Å². The molecule has 0 atom stereocenters. The zero-order valence-electron chi connectivity index (χ0n) is 11.2. The molecule has 0 amide bonds. The summed E-state index contributed by atoms with van der Waals surface area (Å²) in [6.45, 7) is -1.20. The second-order valence-electron chi connectivity index (χ2n) is 4.52. The summed E-state index contributed by atoms with van der Waals surface area (Å²) in [5, 5.41) is 11.4. The van der Waals surface area contributed by atoms with E-state index < -0.39 is 12.7 Å². The summed E-state index contributed by atoms with van der Waals surface area (Å²) in [5.41, 5.74) is 1.60. The van der Waals surface area contributed by atoms with Gasteiger partial charge in [-0.25, -0.2) is 4.68 Å². The molecule has 0 radical (unpaired) electrons. The number of fused-ring (bicyclic) bond motifs is 1. The Hall–Kier alpha value is -2.16. The van der Waals surface area contributed by atoms with Crippen LogP contribution in [-0.4, -0.2) is 31.4 Å². The summed E-state index contributed by atoms with van der Waals surface area (Å²) >= 11 is 1.12. The molecule has 0 aliphatic carbocycles. The van der Waals surface area contributed by atoms with Crippen LogP contribution < -0.4 is 0 Å². The molecule has 0 unspecified atom stereocenters. The van der Waals surface area contributed by atoms with Gasteiger partial charge in [0, 0.05) is 11.1 Å². The fourth-order valence-electron chi connectivity index (χ4n) is 1.90. The van der Waals surface area contributed by atoms with Crippen molar-refractivity contribution < 1.29 is 13.2 Å². The second-order valence-corrected chi connectivity index (χ2v) is 5.46. The van der Waals surface area contributed by atoms with Gasteiger partial charge in [-0.05, 0) is 22.6 Å². The first-order chi connectivity index (χ1) is 10.5. The molecular formula is C13H10F3N5S. The molecule has 9 heteroatoms. The Labute approximate surface area is 127 Å². The molecule has 0 N–H and O–H groups in total. The van der Waals surface area contributed by atoms with E-state index in [0.29, 0.717) is 5.75 Å². The molecule has 1 aromatic carbocycles. The average Bonchev–Trinajstić information content (AvgIpc) is 2.90. The molecular weight excluding hydrogens is 315 g/mol. The van der Waals surface area contributed by atoms with E-state index in [1.807, 2.05) is 36.4 Å². The standard InChI is InChI=1S/C13H10F3N5S/c14-13(15,16)8-21-12(18-19-20-21)22-7-10-6-5-9-3-1-2-4-11(9)17-10/h1-6H,7-8H2. The summed E-state index contributed by atoms with van der Waals surface area (Å²) in [4.78, 5) is 4.46. The van der Waals surface area contributed by atoms with Crippen molar-refractivity contribution in [3.63, 3.8) is 0 Å². The van der Waals surface area contributed by atoms with Crippen molar-refractivity contribution in [2.75, 3.05) is 0 Å². The first-order valence-electron chi connectivity index (χ1n) is 6.32. The number of hydrogen-bond acceptors (Lipinski definition) is 5. The Kier molecular flexibility index (Phi) is 3.97. The quantitative estimate of drug-likeness (QED) is 0.690. The second kappa shape index (κ2) is 5.91. The van der Waals surface area contributed by atoms with Crippen molar-refractivity contribution in [2.45, 2.75) is 23.6 Å². The summed E-state index contributed by atoms with van der Waals surface area (Å²) in [7, 11) is 0. The van der Waals surface area contributed by atoms with Crippen molar-refractivity contribution in [3.05, 3.63) is 42.1 Å². The third-order valence-electron chi connectivity index (χ3n) is 2.83. The Balaban J connectivity index is 1.73. The molecule has 0 aliphatic heterocycles. The van der Waals surface area contributed by atoms with Crippen LogP contribution in [0.3, 0.4) is 0 Å². The largest absolute Gasteiger partial charge is 0.408 e. The molecule has 22 heavy (non-hydrogen) atoms. The lowest BCUT2D eigenvalue weighted by molar-refractivity contribution is -0.144. The maximum absolute atomic E-state index is 12.4. The minimum Gasteiger partial charge on any atom is -0.252 e. The van der Waals surface area contributed by atoms with E-state index in [0.717, 1.165) is 33.0 Å². The van der Waals surface area contributed by atoms with Crippen molar-refractivity contribution in [2.24, 2.45) is 0 Å². The van der Waals surface area contributed by atoms with Crippen LogP contribution in [0.4, 0.5) is 13.2 Å².